The zero-order chi connectivity index (χ0) is 9.97. The molecule has 1 heteroatoms. The van der Waals surface area contributed by atoms with Crippen molar-refractivity contribution in [2.45, 2.75) is 13.8 Å². The highest BCUT2D eigenvalue weighted by Gasteiger charge is 1.98. The highest BCUT2D eigenvalue weighted by atomic mass is 14.7. The first-order chi connectivity index (χ1) is 6.81. The molecule has 0 atom stereocenters. The number of hydrogen-bond donors (Lipinski definition) is 0. The van der Waals surface area contributed by atoms with Crippen molar-refractivity contribution >= 4 is 16.5 Å². The Morgan fingerprint density at radius 3 is 2.71 bits per heavy atom. The Labute approximate surface area is 84.1 Å². The molecule has 0 bridgehead atoms. The van der Waals surface area contributed by atoms with Gasteiger partial charge >= 0.3 is 0 Å². The SMILES string of the molecule is C/C=C(\C)c1ccc2ccccc2n1. The van der Waals surface area contributed by atoms with Crippen LogP contribution in [0.4, 0.5) is 0 Å². The van der Waals surface area contributed by atoms with E-state index in [-0.39, 0.29) is 0 Å². The van der Waals surface area contributed by atoms with Crippen molar-refractivity contribution in [3.8, 4) is 0 Å². The summed E-state index contributed by atoms with van der Waals surface area (Å²) in [6.07, 6.45) is 2.08. The first-order valence-electron chi connectivity index (χ1n) is 4.80. The fourth-order valence-corrected chi connectivity index (χ4v) is 1.43. The second-order valence-corrected chi connectivity index (χ2v) is 3.36. The number of pyridine rings is 1. The maximum Gasteiger partial charge on any atom is 0.0709 e. The topological polar surface area (TPSA) is 12.9 Å². The number of hydrogen-bond acceptors (Lipinski definition) is 1. The molecule has 2 rings (SSSR count). The fraction of sp³-hybridized carbons (Fsp3) is 0.154. The highest BCUT2D eigenvalue weighted by molar-refractivity contribution is 5.80. The minimum Gasteiger partial charge on any atom is -0.248 e. The van der Waals surface area contributed by atoms with E-state index in [1.165, 1.54) is 11.0 Å². The van der Waals surface area contributed by atoms with Crippen molar-refractivity contribution in [3.63, 3.8) is 0 Å². The number of aromatic nitrogens is 1. The molecule has 0 aliphatic heterocycles. The van der Waals surface area contributed by atoms with Gasteiger partial charge in [-0.1, -0.05) is 30.3 Å². The van der Waals surface area contributed by atoms with E-state index in [4.69, 9.17) is 0 Å². The molecule has 0 radical (unpaired) electrons. The lowest BCUT2D eigenvalue weighted by Gasteiger charge is -2.02. The Kier molecular flexibility index (Phi) is 2.32. The van der Waals surface area contributed by atoms with Crippen molar-refractivity contribution < 1.29 is 0 Å². The van der Waals surface area contributed by atoms with Crippen LogP contribution in [-0.2, 0) is 0 Å². The Morgan fingerprint density at radius 2 is 1.93 bits per heavy atom. The molecule has 1 nitrogen and oxygen atoms in total. The van der Waals surface area contributed by atoms with Crippen LogP contribution < -0.4 is 0 Å². The van der Waals surface area contributed by atoms with Crippen molar-refractivity contribution in [3.05, 3.63) is 48.2 Å². The minimum absolute atomic E-state index is 1.06. The van der Waals surface area contributed by atoms with Gasteiger partial charge in [0.05, 0.1) is 11.2 Å². The quantitative estimate of drug-likeness (QED) is 0.657. The summed E-state index contributed by atoms with van der Waals surface area (Å²) in [5.41, 5.74) is 3.34. The van der Waals surface area contributed by atoms with Gasteiger partial charge < -0.3 is 0 Å². The molecule has 0 unspecified atom stereocenters. The molecule has 0 spiro atoms. The molecular formula is C13H13N. The Morgan fingerprint density at radius 1 is 1.14 bits per heavy atom. The van der Waals surface area contributed by atoms with Crippen LogP contribution in [0.3, 0.4) is 0 Å². The summed E-state index contributed by atoms with van der Waals surface area (Å²) in [6.45, 7) is 4.11. The normalized spacial score (nSPS) is 12.0. The van der Waals surface area contributed by atoms with Crippen molar-refractivity contribution in [2.24, 2.45) is 0 Å². The molecule has 70 valence electrons. The van der Waals surface area contributed by atoms with Gasteiger partial charge in [-0.15, -0.1) is 0 Å². The summed E-state index contributed by atoms with van der Waals surface area (Å²) >= 11 is 0. The predicted octanol–water partition coefficient (Wildman–Crippen LogP) is 3.66. The van der Waals surface area contributed by atoms with Crippen LogP contribution in [0.15, 0.2) is 42.5 Å². The second-order valence-electron chi connectivity index (χ2n) is 3.36. The van der Waals surface area contributed by atoms with Gasteiger partial charge in [0, 0.05) is 5.39 Å². The third-order valence-corrected chi connectivity index (χ3v) is 2.44. The Hall–Kier alpha value is -1.63. The molecule has 0 saturated heterocycles. The van der Waals surface area contributed by atoms with Gasteiger partial charge in [-0.05, 0) is 31.6 Å². The van der Waals surface area contributed by atoms with Gasteiger partial charge in [-0.3, -0.25) is 0 Å². The van der Waals surface area contributed by atoms with E-state index in [2.05, 4.69) is 36.2 Å². The minimum atomic E-state index is 1.06. The standard InChI is InChI=1S/C13H13N/c1-3-10(2)12-9-8-11-6-4-5-7-13(11)14-12/h3-9H,1-2H3/b10-3+. The van der Waals surface area contributed by atoms with E-state index in [1.54, 1.807) is 0 Å². The summed E-state index contributed by atoms with van der Waals surface area (Å²) in [5, 5.41) is 1.19. The maximum absolute atomic E-state index is 4.58. The van der Waals surface area contributed by atoms with Gasteiger partial charge in [0.25, 0.3) is 0 Å². The summed E-state index contributed by atoms with van der Waals surface area (Å²) < 4.78 is 0. The number of fused-ring (bicyclic) bond motifs is 1. The van der Waals surface area contributed by atoms with Gasteiger partial charge in [-0.25, -0.2) is 4.98 Å². The molecule has 14 heavy (non-hydrogen) atoms. The van der Waals surface area contributed by atoms with Crippen molar-refractivity contribution in [1.82, 2.24) is 4.98 Å². The zero-order valence-corrected chi connectivity index (χ0v) is 8.49. The summed E-state index contributed by atoms with van der Waals surface area (Å²) in [7, 11) is 0. The number of nitrogens with zero attached hydrogens (tertiary/aromatic N) is 1. The van der Waals surface area contributed by atoms with Gasteiger partial charge in [0.15, 0.2) is 0 Å². The zero-order valence-electron chi connectivity index (χ0n) is 8.49. The smallest absolute Gasteiger partial charge is 0.0709 e. The lowest BCUT2D eigenvalue weighted by atomic mass is 10.1. The number of rotatable bonds is 1. The van der Waals surface area contributed by atoms with Crippen LogP contribution in [0.1, 0.15) is 19.5 Å². The molecule has 2 aromatic rings. The van der Waals surface area contributed by atoms with Gasteiger partial charge in [-0.2, -0.15) is 0 Å². The number of allylic oxidation sites excluding steroid dienone is 2. The molecule has 0 N–H and O–H groups in total. The third kappa shape index (κ3) is 1.53. The first kappa shape index (κ1) is 8.95. The van der Waals surface area contributed by atoms with Crippen molar-refractivity contribution in [2.75, 3.05) is 0 Å². The molecule has 0 amide bonds. The number of benzene rings is 1. The van der Waals surface area contributed by atoms with Crippen molar-refractivity contribution in [1.29, 1.82) is 0 Å². The molecule has 1 heterocycles. The van der Waals surface area contributed by atoms with Crippen LogP contribution in [0, 0.1) is 0 Å². The van der Waals surface area contributed by atoms with E-state index < -0.39 is 0 Å². The Bertz CT molecular complexity index is 483. The lowest BCUT2D eigenvalue weighted by molar-refractivity contribution is 1.33. The van der Waals surface area contributed by atoms with Gasteiger partial charge in [0.1, 0.15) is 0 Å². The molecule has 0 saturated carbocycles. The van der Waals surface area contributed by atoms with E-state index in [0.717, 1.165) is 11.2 Å². The average Bonchev–Trinajstić information content (AvgIpc) is 2.27. The van der Waals surface area contributed by atoms with E-state index in [0.29, 0.717) is 0 Å². The molecular weight excluding hydrogens is 170 g/mol. The van der Waals surface area contributed by atoms with Crippen LogP contribution >= 0.6 is 0 Å². The molecule has 1 aromatic heterocycles. The fourth-order valence-electron chi connectivity index (χ4n) is 1.43. The highest BCUT2D eigenvalue weighted by Crippen LogP contribution is 2.16. The average molecular weight is 183 g/mol. The predicted molar refractivity (Wildman–Crippen MR) is 61.1 cm³/mol. The van der Waals surface area contributed by atoms with Gasteiger partial charge in [0.2, 0.25) is 0 Å². The second kappa shape index (κ2) is 3.62. The molecule has 1 aromatic carbocycles. The van der Waals surface area contributed by atoms with E-state index in [9.17, 15) is 0 Å². The maximum atomic E-state index is 4.58. The molecule has 0 fully saturated rings. The third-order valence-electron chi connectivity index (χ3n) is 2.44. The van der Waals surface area contributed by atoms with Crippen LogP contribution in [-0.4, -0.2) is 4.98 Å². The van der Waals surface area contributed by atoms with Crippen LogP contribution in [0.5, 0.6) is 0 Å². The van der Waals surface area contributed by atoms with Crippen LogP contribution in [0.2, 0.25) is 0 Å². The van der Waals surface area contributed by atoms with E-state index in [1.807, 2.05) is 25.1 Å². The number of para-hydroxylation sites is 1. The van der Waals surface area contributed by atoms with Crippen LogP contribution in [0.25, 0.3) is 16.5 Å². The lowest BCUT2D eigenvalue weighted by Crippen LogP contribution is -1.86. The monoisotopic (exact) mass is 183 g/mol. The first-order valence-corrected chi connectivity index (χ1v) is 4.80. The Balaban J connectivity index is 2.62. The van der Waals surface area contributed by atoms with E-state index >= 15 is 0 Å². The summed E-state index contributed by atoms with van der Waals surface area (Å²) in [5.74, 6) is 0. The largest absolute Gasteiger partial charge is 0.248 e. The summed E-state index contributed by atoms with van der Waals surface area (Å²) in [6, 6.07) is 12.4. The molecule has 0 aliphatic carbocycles. The molecule has 0 aliphatic rings. The summed E-state index contributed by atoms with van der Waals surface area (Å²) in [4.78, 5) is 4.58.